The molecule has 0 fully saturated rings. The van der Waals surface area contributed by atoms with Crippen molar-refractivity contribution in [1.82, 2.24) is 9.97 Å². The van der Waals surface area contributed by atoms with Gasteiger partial charge in [0.2, 0.25) is 0 Å². The van der Waals surface area contributed by atoms with Gasteiger partial charge in [-0.05, 0) is 71.1 Å². The second-order valence-electron chi connectivity index (χ2n) is 8.10. The second kappa shape index (κ2) is 13.6. The second-order valence-corrected chi connectivity index (χ2v) is 8.10. The minimum absolute atomic E-state index is 0.533. The van der Waals surface area contributed by atoms with Gasteiger partial charge in [-0.3, -0.25) is 9.97 Å². The third-order valence-electron chi connectivity index (χ3n) is 5.81. The van der Waals surface area contributed by atoms with Crippen molar-refractivity contribution >= 4 is 17.7 Å². The normalized spacial score (nSPS) is 11.8. The van der Waals surface area contributed by atoms with Crippen molar-refractivity contribution < 1.29 is 0 Å². The fourth-order valence-electron chi connectivity index (χ4n) is 3.96. The van der Waals surface area contributed by atoms with Crippen LogP contribution in [0.15, 0.2) is 104 Å². The summed E-state index contributed by atoms with van der Waals surface area (Å²) in [4.78, 5) is 8.91. The molecule has 2 heterocycles. The lowest BCUT2D eigenvalue weighted by molar-refractivity contribution is 1.05. The first-order valence-electron chi connectivity index (χ1n) is 11.9. The van der Waals surface area contributed by atoms with Crippen LogP contribution in [0.3, 0.4) is 0 Å². The molecule has 38 heavy (non-hydrogen) atoms. The van der Waals surface area contributed by atoms with E-state index in [9.17, 15) is 0 Å². The van der Waals surface area contributed by atoms with E-state index >= 15 is 0 Å². The van der Waals surface area contributed by atoms with Crippen molar-refractivity contribution in [3.8, 4) is 34.7 Å². The molecule has 0 radical (unpaired) electrons. The summed E-state index contributed by atoms with van der Waals surface area (Å²) >= 11 is 0. The average molecular weight is 497 g/mol. The molecule has 0 aliphatic carbocycles. The van der Waals surface area contributed by atoms with Crippen molar-refractivity contribution in [3.63, 3.8) is 0 Å². The minimum atomic E-state index is 0.533. The highest BCUT2D eigenvalue weighted by Crippen LogP contribution is 2.34. The Kier molecular flexibility index (Phi) is 9.70. The van der Waals surface area contributed by atoms with Crippen LogP contribution in [0.2, 0.25) is 0 Å². The quantitative estimate of drug-likeness (QED) is 0.187. The number of unbranched alkanes of at least 4 members (excludes halogenated alkanes) is 1. The molecule has 0 aliphatic rings. The van der Waals surface area contributed by atoms with Crippen LogP contribution in [-0.2, 0) is 0 Å². The molecule has 3 aromatic rings. The molecule has 2 aromatic heterocycles. The predicted octanol–water partition coefficient (Wildman–Crippen LogP) is 6.53. The zero-order chi connectivity index (χ0) is 27.3. The smallest absolute Gasteiger partial charge is 0.0992 e. The molecule has 6 heteroatoms. The third kappa shape index (κ3) is 6.40. The summed E-state index contributed by atoms with van der Waals surface area (Å²) in [5.41, 5.74) is 19.2. The summed E-state index contributed by atoms with van der Waals surface area (Å²) in [5.74, 6) is 0. The molecule has 0 unspecified atom stereocenters. The summed E-state index contributed by atoms with van der Waals surface area (Å²) in [7, 11) is 0. The molecule has 3 rings (SSSR count). The van der Waals surface area contributed by atoms with Gasteiger partial charge in [-0.15, -0.1) is 0 Å². The number of hydrogen-bond donors (Lipinski definition) is 2. The van der Waals surface area contributed by atoms with Gasteiger partial charge in [0.05, 0.1) is 29.1 Å². The topological polar surface area (TPSA) is 125 Å². The molecule has 186 valence electrons. The highest BCUT2D eigenvalue weighted by molar-refractivity contribution is 5.89. The monoisotopic (exact) mass is 496 g/mol. The highest BCUT2D eigenvalue weighted by Gasteiger charge is 2.13. The van der Waals surface area contributed by atoms with Gasteiger partial charge in [-0.25, -0.2) is 0 Å². The number of rotatable bonds is 10. The summed E-state index contributed by atoms with van der Waals surface area (Å²) in [6.45, 7) is 8.07. The van der Waals surface area contributed by atoms with E-state index < -0.39 is 0 Å². The van der Waals surface area contributed by atoms with Crippen LogP contribution < -0.4 is 11.5 Å². The zero-order valence-electron chi connectivity index (χ0n) is 21.0. The molecule has 0 saturated heterocycles. The number of nitrogens with two attached hydrogens (primary N) is 2. The van der Waals surface area contributed by atoms with Crippen LogP contribution in [0.4, 0.5) is 0 Å². The van der Waals surface area contributed by atoms with Crippen molar-refractivity contribution in [2.45, 2.75) is 12.8 Å². The predicted molar refractivity (Wildman–Crippen MR) is 155 cm³/mol. The van der Waals surface area contributed by atoms with Gasteiger partial charge in [0, 0.05) is 29.7 Å². The maximum atomic E-state index is 9.16. The molecule has 0 amide bonds. The zero-order valence-corrected chi connectivity index (χ0v) is 21.0. The van der Waals surface area contributed by atoms with Crippen LogP contribution in [0, 0.1) is 22.7 Å². The average Bonchev–Trinajstić information content (AvgIpc) is 2.97. The van der Waals surface area contributed by atoms with Gasteiger partial charge in [-0.2, -0.15) is 10.5 Å². The lowest BCUT2D eigenvalue weighted by Crippen LogP contribution is -1.97. The van der Waals surface area contributed by atoms with E-state index in [-0.39, 0.29) is 0 Å². The minimum Gasteiger partial charge on any atom is -0.405 e. The maximum absolute atomic E-state index is 9.16. The Morgan fingerprint density at radius 3 is 2.37 bits per heavy atom. The van der Waals surface area contributed by atoms with E-state index in [1.165, 1.54) is 6.20 Å². The van der Waals surface area contributed by atoms with Gasteiger partial charge in [0.1, 0.15) is 0 Å². The standard InChI is InChI=1S/C32H28N6/c1-3-27-28(4-2)30(26-10-13-31(38-22-26)32-18-24(20-35)15-17-37-32)12-11-29(27)25(21-36)9-7-5-6-8-23(19-34)14-16-33/h3-4,7-18,21-22H,1-2,5-6,33,36H2/b9-7-,16-14-,23-8+,25-21+. The molecule has 1 aromatic carbocycles. The Morgan fingerprint density at radius 1 is 0.921 bits per heavy atom. The van der Waals surface area contributed by atoms with Crippen LogP contribution in [0.1, 0.15) is 35.1 Å². The summed E-state index contributed by atoms with van der Waals surface area (Å²) in [5, 5.41) is 18.2. The molecule has 6 nitrogen and oxygen atoms in total. The largest absolute Gasteiger partial charge is 0.405 e. The lowest BCUT2D eigenvalue weighted by atomic mass is 9.89. The number of hydrogen-bond acceptors (Lipinski definition) is 6. The summed E-state index contributed by atoms with van der Waals surface area (Å²) < 4.78 is 0. The number of benzene rings is 1. The number of nitrogens with zero attached hydrogens (tertiary/aromatic N) is 4. The van der Waals surface area contributed by atoms with E-state index in [2.05, 4.69) is 35.3 Å². The molecule has 0 spiro atoms. The Morgan fingerprint density at radius 2 is 1.74 bits per heavy atom. The van der Waals surface area contributed by atoms with Crippen LogP contribution in [0.5, 0.6) is 0 Å². The molecule has 0 bridgehead atoms. The number of pyridine rings is 2. The Hall–Kier alpha value is -5.46. The molecular formula is C32H28N6. The van der Waals surface area contributed by atoms with Crippen molar-refractivity contribution in [1.29, 1.82) is 10.5 Å². The van der Waals surface area contributed by atoms with E-state index in [0.717, 1.165) is 39.8 Å². The lowest BCUT2D eigenvalue weighted by Gasteiger charge is -2.15. The van der Waals surface area contributed by atoms with Crippen molar-refractivity contribution in [2.75, 3.05) is 0 Å². The van der Waals surface area contributed by atoms with Crippen LogP contribution >= 0.6 is 0 Å². The molecule has 0 aliphatic heterocycles. The fraction of sp³-hybridized carbons (Fsp3) is 0.0625. The number of allylic oxidation sites excluding steroid dienone is 6. The summed E-state index contributed by atoms with van der Waals surface area (Å²) in [6.07, 6.45) is 18.8. The number of nitriles is 2. The first-order chi connectivity index (χ1) is 18.6. The molecule has 0 saturated carbocycles. The first kappa shape index (κ1) is 27.1. The van der Waals surface area contributed by atoms with Gasteiger partial charge >= 0.3 is 0 Å². The number of aromatic nitrogens is 2. The molecular weight excluding hydrogens is 468 g/mol. The van der Waals surface area contributed by atoms with Gasteiger partial charge < -0.3 is 11.5 Å². The molecule has 0 atom stereocenters. The fourth-order valence-corrected chi connectivity index (χ4v) is 3.96. The van der Waals surface area contributed by atoms with E-state index in [1.54, 1.807) is 49.0 Å². The van der Waals surface area contributed by atoms with Gasteiger partial charge in [0.25, 0.3) is 0 Å². The highest BCUT2D eigenvalue weighted by atomic mass is 14.8. The van der Waals surface area contributed by atoms with Gasteiger partial charge in [0.15, 0.2) is 0 Å². The van der Waals surface area contributed by atoms with Crippen molar-refractivity contribution in [3.05, 3.63) is 126 Å². The Bertz CT molecular complexity index is 1520. The van der Waals surface area contributed by atoms with E-state index in [1.807, 2.05) is 42.5 Å². The van der Waals surface area contributed by atoms with Crippen LogP contribution in [-0.4, -0.2) is 9.97 Å². The van der Waals surface area contributed by atoms with E-state index in [0.29, 0.717) is 28.9 Å². The van der Waals surface area contributed by atoms with Crippen molar-refractivity contribution in [2.24, 2.45) is 11.5 Å². The van der Waals surface area contributed by atoms with E-state index in [4.69, 9.17) is 22.0 Å². The Labute approximate surface area is 223 Å². The SMILES string of the molecule is C=Cc1c(C(/C=C\CC/C=C(C#N)\C=C/N)=C/N)ccc(-c2ccc(-c3cc(C#N)ccn3)nc2)c1C=C. The van der Waals surface area contributed by atoms with Gasteiger partial charge in [-0.1, -0.05) is 61.7 Å². The summed E-state index contributed by atoms with van der Waals surface area (Å²) in [6, 6.07) is 15.5. The third-order valence-corrected chi connectivity index (χ3v) is 5.81. The maximum Gasteiger partial charge on any atom is 0.0992 e. The molecule has 4 N–H and O–H groups in total. The first-order valence-corrected chi connectivity index (χ1v) is 11.9. The Balaban J connectivity index is 1.89. The van der Waals surface area contributed by atoms with Crippen LogP contribution in [0.25, 0.3) is 40.2 Å².